The highest BCUT2D eigenvalue weighted by Gasteiger charge is 2.16. The molecule has 2 aromatic carbocycles. The number of carbonyl (C=O) groups is 1. The first kappa shape index (κ1) is 17.7. The maximum absolute atomic E-state index is 12.6. The minimum atomic E-state index is -0.703. The van der Waals surface area contributed by atoms with Crippen LogP contribution in [0.2, 0.25) is 0 Å². The molecular formula is C22H18N2O4. The zero-order chi connectivity index (χ0) is 19.7. The Morgan fingerprint density at radius 2 is 1.96 bits per heavy atom. The van der Waals surface area contributed by atoms with Crippen LogP contribution in [0, 0.1) is 6.92 Å². The molecule has 2 aromatic heterocycles. The fourth-order valence-corrected chi connectivity index (χ4v) is 3.25. The zero-order valence-electron chi connectivity index (χ0n) is 15.5. The van der Waals surface area contributed by atoms with Gasteiger partial charge in [-0.3, -0.25) is 9.78 Å². The van der Waals surface area contributed by atoms with Crippen LogP contribution in [0.4, 0.5) is 0 Å². The first-order chi connectivity index (χ1) is 13.6. The summed E-state index contributed by atoms with van der Waals surface area (Å²) in [5.41, 5.74) is 2.23. The van der Waals surface area contributed by atoms with Crippen molar-refractivity contribution in [2.45, 2.75) is 13.5 Å². The topological polar surface area (TPSA) is 81.4 Å². The molecule has 2 heterocycles. The second-order valence-electron chi connectivity index (χ2n) is 6.45. The van der Waals surface area contributed by atoms with E-state index in [1.165, 1.54) is 13.2 Å². The molecule has 0 bridgehead atoms. The number of fused-ring (bicyclic) bond motifs is 2. The molecule has 0 saturated carbocycles. The molecule has 0 aliphatic carbocycles. The number of aryl methyl sites for hydroxylation is 1. The predicted molar refractivity (Wildman–Crippen MR) is 107 cm³/mol. The largest absolute Gasteiger partial charge is 0.493 e. The van der Waals surface area contributed by atoms with Crippen molar-refractivity contribution in [3.63, 3.8) is 0 Å². The first-order valence-electron chi connectivity index (χ1n) is 8.81. The summed E-state index contributed by atoms with van der Waals surface area (Å²) >= 11 is 0. The van der Waals surface area contributed by atoms with Gasteiger partial charge in [-0.15, -0.1) is 0 Å². The molecular weight excluding hydrogens is 356 g/mol. The monoisotopic (exact) mass is 374 g/mol. The van der Waals surface area contributed by atoms with E-state index in [0.29, 0.717) is 16.7 Å². The van der Waals surface area contributed by atoms with Gasteiger partial charge in [0.1, 0.15) is 5.56 Å². The van der Waals surface area contributed by atoms with Gasteiger partial charge in [0, 0.05) is 23.0 Å². The van der Waals surface area contributed by atoms with E-state index in [1.807, 2.05) is 37.3 Å². The maximum Gasteiger partial charge on any atom is 0.349 e. The molecule has 0 unspecified atom stereocenters. The highest BCUT2D eigenvalue weighted by molar-refractivity contribution is 5.97. The van der Waals surface area contributed by atoms with Gasteiger partial charge in [0.25, 0.3) is 5.91 Å². The number of rotatable bonds is 4. The predicted octanol–water partition coefficient (Wildman–Crippen LogP) is 3.59. The average Bonchev–Trinajstić information content (AvgIpc) is 2.70. The van der Waals surface area contributed by atoms with Crippen molar-refractivity contribution in [3.05, 3.63) is 81.8 Å². The Hall–Kier alpha value is -3.67. The number of hydrogen-bond donors (Lipinski definition) is 1. The number of benzene rings is 2. The van der Waals surface area contributed by atoms with Gasteiger partial charge in [-0.25, -0.2) is 4.79 Å². The third-order valence-electron chi connectivity index (χ3n) is 4.56. The molecule has 0 spiro atoms. The lowest BCUT2D eigenvalue weighted by molar-refractivity contribution is 0.0947. The highest BCUT2D eigenvalue weighted by Crippen LogP contribution is 2.24. The molecule has 140 valence electrons. The van der Waals surface area contributed by atoms with Crippen LogP contribution in [-0.2, 0) is 6.54 Å². The van der Waals surface area contributed by atoms with E-state index in [0.717, 1.165) is 22.2 Å². The third kappa shape index (κ3) is 3.20. The zero-order valence-corrected chi connectivity index (χ0v) is 15.5. The molecule has 28 heavy (non-hydrogen) atoms. The summed E-state index contributed by atoms with van der Waals surface area (Å²) in [4.78, 5) is 29.5. The van der Waals surface area contributed by atoms with Crippen LogP contribution in [-0.4, -0.2) is 18.0 Å². The lowest BCUT2D eigenvalue weighted by atomic mass is 10.1. The number of para-hydroxylation sites is 2. The van der Waals surface area contributed by atoms with Crippen molar-refractivity contribution in [2.24, 2.45) is 0 Å². The second kappa shape index (κ2) is 7.15. The summed E-state index contributed by atoms with van der Waals surface area (Å²) < 4.78 is 10.5. The summed E-state index contributed by atoms with van der Waals surface area (Å²) in [5.74, 6) is -0.0442. The van der Waals surface area contributed by atoms with Crippen LogP contribution in [0.3, 0.4) is 0 Å². The number of pyridine rings is 1. The van der Waals surface area contributed by atoms with Crippen molar-refractivity contribution in [2.75, 3.05) is 7.11 Å². The molecule has 0 fully saturated rings. The van der Waals surface area contributed by atoms with Gasteiger partial charge in [-0.1, -0.05) is 30.3 Å². The minimum Gasteiger partial charge on any atom is -0.493 e. The van der Waals surface area contributed by atoms with Gasteiger partial charge in [0.2, 0.25) is 0 Å². The Kier molecular flexibility index (Phi) is 4.53. The normalized spacial score (nSPS) is 10.9. The van der Waals surface area contributed by atoms with Crippen molar-refractivity contribution in [1.82, 2.24) is 10.3 Å². The minimum absolute atomic E-state index is 0.0455. The smallest absolute Gasteiger partial charge is 0.349 e. The van der Waals surface area contributed by atoms with E-state index >= 15 is 0 Å². The number of nitrogens with zero attached hydrogens (tertiary/aromatic N) is 1. The fraction of sp³-hybridized carbons (Fsp3) is 0.136. The quantitative estimate of drug-likeness (QED) is 0.552. The van der Waals surface area contributed by atoms with Crippen LogP contribution in [0.25, 0.3) is 21.9 Å². The molecule has 4 rings (SSSR count). The van der Waals surface area contributed by atoms with Crippen LogP contribution < -0.4 is 15.7 Å². The van der Waals surface area contributed by atoms with Gasteiger partial charge in [0.05, 0.1) is 12.6 Å². The number of methoxy groups -OCH3 is 1. The van der Waals surface area contributed by atoms with E-state index < -0.39 is 11.5 Å². The van der Waals surface area contributed by atoms with Crippen molar-refractivity contribution in [1.29, 1.82) is 0 Å². The van der Waals surface area contributed by atoms with Gasteiger partial charge < -0.3 is 14.5 Å². The number of aromatic nitrogens is 1. The number of nitrogens with one attached hydrogen (secondary N) is 1. The molecule has 4 aromatic rings. The van der Waals surface area contributed by atoms with Crippen LogP contribution in [0.15, 0.2) is 63.8 Å². The molecule has 1 amide bonds. The molecule has 0 atom stereocenters. The van der Waals surface area contributed by atoms with E-state index in [4.69, 9.17) is 9.15 Å². The molecule has 0 radical (unpaired) electrons. The lowest BCUT2D eigenvalue weighted by Gasteiger charge is -2.10. The van der Waals surface area contributed by atoms with E-state index in [1.54, 1.807) is 18.2 Å². The second-order valence-corrected chi connectivity index (χ2v) is 6.45. The Morgan fingerprint density at radius 3 is 2.79 bits per heavy atom. The van der Waals surface area contributed by atoms with Crippen LogP contribution >= 0.6 is 0 Å². The van der Waals surface area contributed by atoms with E-state index in [-0.39, 0.29) is 12.1 Å². The van der Waals surface area contributed by atoms with Gasteiger partial charge >= 0.3 is 5.63 Å². The summed E-state index contributed by atoms with van der Waals surface area (Å²) in [6.45, 7) is 2.18. The number of amides is 1. The van der Waals surface area contributed by atoms with Gasteiger partial charge in [-0.2, -0.15) is 0 Å². The van der Waals surface area contributed by atoms with Crippen molar-refractivity contribution >= 4 is 27.8 Å². The molecule has 0 saturated heterocycles. The summed E-state index contributed by atoms with van der Waals surface area (Å²) in [6.07, 6.45) is 0. The Labute approximate surface area is 160 Å². The van der Waals surface area contributed by atoms with Crippen LogP contribution in [0.5, 0.6) is 5.75 Å². The van der Waals surface area contributed by atoms with Gasteiger partial charge in [0.15, 0.2) is 11.3 Å². The fourth-order valence-electron chi connectivity index (χ4n) is 3.25. The summed E-state index contributed by atoms with van der Waals surface area (Å²) in [7, 11) is 1.50. The first-order valence-corrected chi connectivity index (χ1v) is 8.81. The number of carbonyl (C=O) groups excluding carboxylic acids is 1. The average molecular weight is 374 g/mol. The third-order valence-corrected chi connectivity index (χ3v) is 4.56. The molecule has 1 N–H and O–H groups in total. The number of ether oxygens (including phenoxy) is 1. The van der Waals surface area contributed by atoms with Gasteiger partial charge in [-0.05, 0) is 36.8 Å². The highest BCUT2D eigenvalue weighted by atomic mass is 16.5. The standard InChI is InChI=1S/C22H18N2O4/c1-13-10-15(16-7-3-4-8-18(16)24-13)12-23-21(25)17-11-14-6-5-9-19(27-2)20(14)28-22(17)26/h3-11H,12H2,1-2H3,(H,23,25). The summed E-state index contributed by atoms with van der Waals surface area (Å²) in [5, 5.41) is 4.39. The molecule has 6 nitrogen and oxygen atoms in total. The lowest BCUT2D eigenvalue weighted by Crippen LogP contribution is -2.28. The maximum atomic E-state index is 12.6. The number of hydrogen-bond acceptors (Lipinski definition) is 5. The molecule has 0 aliphatic heterocycles. The summed E-state index contributed by atoms with van der Waals surface area (Å²) in [6, 6.07) is 16.4. The van der Waals surface area contributed by atoms with Crippen LogP contribution in [0.1, 0.15) is 21.6 Å². The SMILES string of the molecule is COc1cccc2cc(C(=O)NCc3cc(C)nc4ccccc34)c(=O)oc12. The van der Waals surface area contributed by atoms with Crippen molar-refractivity contribution in [3.8, 4) is 5.75 Å². The van der Waals surface area contributed by atoms with E-state index in [2.05, 4.69) is 10.3 Å². The Balaban J connectivity index is 1.65. The molecule has 6 heteroatoms. The Bertz CT molecular complexity index is 1260. The Morgan fingerprint density at radius 1 is 1.14 bits per heavy atom. The van der Waals surface area contributed by atoms with E-state index in [9.17, 15) is 9.59 Å². The molecule has 0 aliphatic rings. The van der Waals surface area contributed by atoms with Crippen molar-refractivity contribution < 1.29 is 13.9 Å².